The number of amides is 1. The summed E-state index contributed by atoms with van der Waals surface area (Å²) in [5.41, 5.74) is 2.62. The van der Waals surface area contributed by atoms with Crippen LogP contribution in [0.1, 0.15) is 37.6 Å². The average molecular weight is 331 g/mol. The van der Waals surface area contributed by atoms with Crippen molar-refractivity contribution in [3.8, 4) is 0 Å². The summed E-state index contributed by atoms with van der Waals surface area (Å²) in [4.78, 5) is 14.0. The molecule has 1 aromatic heterocycles. The fourth-order valence-corrected chi connectivity index (χ4v) is 2.74. The molecule has 6 heteroatoms. The zero-order chi connectivity index (χ0) is 17.3. The minimum atomic E-state index is -0.508. The summed E-state index contributed by atoms with van der Waals surface area (Å²) >= 11 is 0. The van der Waals surface area contributed by atoms with E-state index < -0.39 is 5.60 Å². The van der Waals surface area contributed by atoms with Crippen molar-refractivity contribution in [3.63, 3.8) is 0 Å². The largest absolute Gasteiger partial charge is 0.444 e. The van der Waals surface area contributed by atoms with Crippen LogP contribution in [0.2, 0.25) is 0 Å². The fourth-order valence-electron chi connectivity index (χ4n) is 2.74. The van der Waals surface area contributed by atoms with Crippen molar-refractivity contribution in [1.29, 1.82) is 0 Å². The van der Waals surface area contributed by atoms with E-state index in [4.69, 9.17) is 4.74 Å². The third kappa shape index (κ3) is 3.75. The van der Waals surface area contributed by atoms with Crippen molar-refractivity contribution in [2.75, 3.05) is 6.54 Å². The van der Waals surface area contributed by atoms with Crippen molar-refractivity contribution in [2.24, 2.45) is 0 Å². The zero-order valence-corrected chi connectivity index (χ0v) is 14.3. The van der Waals surface area contributed by atoms with Crippen molar-refractivity contribution >= 4 is 6.09 Å². The van der Waals surface area contributed by atoms with Crippen LogP contribution in [-0.4, -0.2) is 32.9 Å². The SMILES string of the molecule is CC(C)(C)OC(=O)N1CCc2cnn(Cc3ccc(F)cc3)c2C1. The average Bonchev–Trinajstić information content (AvgIpc) is 2.90. The van der Waals surface area contributed by atoms with Gasteiger partial charge in [-0.25, -0.2) is 9.18 Å². The van der Waals surface area contributed by atoms with E-state index in [1.807, 2.05) is 31.6 Å². The van der Waals surface area contributed by atoms with Gasteiger partial charge in [-0.3, -0.25) is 4.68 Å². The van der Waals surface area contributed by atoms with E-state index in [1.54, 1.807) is 17.0 Å². The highest BCUT2D eigenvalue weighted by molar-refractivity contribution is 5.68. The van der Waals surface area contributed by atoms with Gasteiger partial charge in [-0.2, -0.15) is 5.10 Å². The Morgan fingerprint density at radius 1 is 1.29 bits per heavy atom. The Morgan fingerprint density at radius 3 is 2.67 bits per heavy atom. The van der Waals surface area contributed by atoms with Crippen LogP contribution >= 0.6 is 0 Å². The Labute approximate surface area is 141 Å². The van der Waals surface area contributed by atoms with Gasteiger partial charge in [0.05, 0.1) is 25.0 Å². The highest BCUT2D eigenvalue weighted by Gasteiger charge is 2.27. The number of hydrogen-bond donors (Lipinski definition) is 0. The molecule has 1 amide bonds. The van der Waals surface area contributed by atoms with E-state index in [-0.39, 0.29) is 11.9 Å². The first-order valence-electron chi connectivity index (χ1n) is 8.08. The number of carbonyl (C=O) groups is 1. The topological polar surface area (TPSA) is 47.4 Å². The Morgan fingerprint density at radius 2 is 2.00 bits per heavy atom. The lowest BCUT2D eigenvalue weighted by atomic mass is 10.1. The maximum absolute atomic E-state index is 13.0. The van der Waals surface area contributed by atoms with Crippen molar-refractivity contribution in [3.05, 3.63) is 53.1 Å². The summed E-state index contributed by atoms with van der Waals surface area (Å²) in [6.45, 7) is 7.24. The molecule has 0 spiro atoms. The molecule has 1 aromatic carbocycles. The summed E-state index contributed by atoms with van der Waals surface area (Å²) in [7, 11) is 0. The number of ether oxygens (including phenoxy) is 1. The monoisotopic (exact) mass is 331 g/mol. The Bertz CT molecular complexity index is 732. The van der Waals surface area contributed by atoms with Gasteiger partial charge in [0.15, 0.2) is 0 Å². The van der Waals surface area contributed by atoms with Crippen LogP contribution in [0.5, 0.6) is 0 Å². The van der Waals surface area contributed by atoms with Gasteiger partial charge in [0.2, 0.25) is 0 Å². The van der Waals surface area contributed by atoms with E-state index in [0.29, 0.717) is 19.6 Å². The number of halogens is 1. The maximum Gasteiger partial charge on any atom is 0.410 e. The normalized spacial score (nSPS) is 14.4. The lowest BCUT2D eigenvalue weighted by Crippen LogP contribution is -2.40. The molecule has 0 saturated heterocycles. The van der Waals surface area contributed by atoms with Crippen LogP contribution in [0, 0.1) is 5.82 Å². The molecular formula is C18H22FN3O2. The van der Waals surface area contributed by atoms with E-state index in [0.717, 1.165) is 23.2 Å². The van der Waals surface area contributed by atoms with Crippen LogP contribution in [-0.2, 0) is 24.2 Å². The summed E-state index contributed by atoms with van der Waals surface area (Å²) in [6.07, 6.45) is 2.31. The van der Waals surface area contributed by atoms with Crippen molar-refractivity contribution in [1.82, 2.24) is 14.7 Å². The lowest BCUT2D eigenvalue weighted by Gasteiger charge is -2.30. The van der Waals surface area contributed by atoms with Gasteiger partial charge in [-0.1, -0.05) is 12.1 Å². The third-order valence-electron chi connectivity index (χ3n) is 3.92. The van der Waals surface area contributed by atoms with E-state index in [9.17, 15) is 9.18 Å². The molecule has 0 N–H and O–H groups in total. The first-order chi connectivity index (χ1) is 11.3. The van der Waals surface area contributed by atoms with E-state index in [1.165, 1.54) is 12.1 Å². The molecule has 2 heterocycles. The molecule has 0 aliphatic carbocycles. The maximum atomic E-state index is 13.0. The molecule has 2 aromatic rings. The van der Waals surface area contributed by atoms with Crippen molar-refractivity contribution < 1.29 is 13.9 Å². The molecule has 0 unspecified atom stereocenters. The second-order valence-corrected chi connectivity index (χ2v) is 7.05. The Balaban J connectivity index is 1.75. The van der Waals surface area contributed by atoms with Crippen LogP contribution in [0.25, 0.3) is 0 Å². The summed E-state index contributed by atoms with van der Waals surface area (Å²) in [5, 5.41) is 4.43. The van der Waals surface area contributed by atoms with E-state index >= 15 is 0 Å². The minimum Gasteiger partial charge on any atom is -0.444 e. The van der Waals surface area contributed by atoms with Gasteiger partial charge < -0.3 is 9.64 Å². The smallest absolute Gasteiger partial charge is 0.410 e. The number of hydrogen-bond acceptors (Lipinski definition) is 3. The van der Waals surface area contributed by atoms with Crippen LogP contribution in [0.3, 0.4) is 0 Å². The molecular weight excluding hydrogens is 309 g/mol. The standard InChI is InChI=1S/C18H22FN3O2/c1-18(2,3)24-17(23)21-9-8-14-10-20-22(16(14)12-21)11-13-4-6-15(19)7-5-13/h4-7,10H,8-9,11-12H2,1-3H3. The second kappa shape index (κ2) is 6.26. The van der Waals surface area contributed by atoms with Gasteiger partial charge in [0, 0.05) is 6.54 Å². The van der Waals surface area contributed by atoms with Crippen LogP contribution in [0.4, 0.5) is 9.18 Å². The molecule has 0 bridgehead atoms. The molecule has 1 aliphatic rings. The predicted octanol–water partition coefficient (Wildman–Crippen LogP) is 3.36. The van der Waals surface area contributed by atoms with Crippen molar-refractivity contribution in [2.45, 2.75) is 45.9 Å². The van der Waals surface area contributed by atoms with E-state index in [2.05, 4.69) is 5.10 Å². The van der Waals surface area contributed by atoms with Crippen LogP contribution in [0.15, 0.2) is 30.5 Å². The minimum absolute atomic E-state index is 0.252. The number of rotatable bonds is 2. The number of nitrogens with zero attached hydrogens (tertiary/aromatic N) is 3. The molecule has 5 nitrogen and oxygen atoms in total. The zero-order valence-electron chi connectivity index (χ0n) is 14.3. The number of fused-ring (bicyclic) bond motifs is 1. The fraction of sp³-hybridized carbons (Fsp3) is 0.444. The first kappa shape index (κ1) is 16.5. The first-order valence-corrected chi connectivity index (χ1v) is 8.08. The molecule has 0 saturated carbocycles. The molecule has 24 heavy (non-hydrogen) atoms. The highest BCUT2D eigenvalue weighted by Crippen LogP contribution is 2.21. The van der Waals surface area contributed by atoms with Gasteiger partial charge in [-0.15, -0.1) is 0 Å². The van der Waals surface area contributed by atoms with Gasteiger partial charge in [0.1, 0.15) is 11.4 Å². The number of carbonyl (C=O) groups excluding carboxylic acids is 1. The molecule has 0 fully saturated rings. The molecule has 0 radical (unpaired) electrons. The Hall–Kier alpha value is -2.37. The highest BCUT2D eigenvalue weighted by atomic mass is 19.1. The third-order valence-corrected chi connectivity index (χ3v) is 3.92. The molecule has 3 rings (SSSR count). The molecule has 0 atom stereocenters. The second-order valence-electron chi connectivity index (χ2n) is 7.05. The van der Waals surface area contributed by atoms with Crippen LogP contribution < -0.4 is 0 Å². The summed E-state index contributed by atoms with van der Waals surface area (Å²) in [6, 6.07) is 6.38. The quantitative estimate of drug-likeness (QED) is 0.848. The number of benzene rings is 1. The molecule has 128 valence electrons. The summed E-state index contributed by atoms with van der Waals surface area (Å²) < 4.78 is 20.4. The predicted molar refractivity (Wildman–Crippen MR) is 88.1 cm³/mol. The molecule has 1 aliphatic heterocycles. The summed E-state index contributed by atoms with van der Waals surface area (Å²) in [5.74, 6) is -0.252. The Kier molecular flexibility index (Phi) is 4.30. The number of aromatic nitrogens is 2. The van der Waals surface area contributed by atoms with Gasteiger partial charge in [0.25, 0.3) is 0 Å². The lowest BCUT2D eigenvalue weighted by molar-refractivity contribution is 0.0219. The van der Waals surface area contributed by atoms with Gasteiger partial charge >= 0.3 is 6.09 Å². The van der Waals surface area contributed by atoms with Gasteiger partial charge in [-0.05, 0) is 50.5 Å².